The largest absolute Gasteiger partial charge is 0.302 e. The van der Waals surface area contributed by atoms with E-state index in [2.05, 4.69) is 20.6 Å². The van der Waals surface area contributed by atoms with Gasteiger partial charge in [0.2, 0.25) is 0 Å². The second kappa shape index (κ2) is 9.10. The Morgan fingerprint density at radius 1 is 0.935 bits per heavy atom. The molecule has 0 aliphatic carbocycles. The first-order valence-corrected chi connectivity index (χ1v) is 10.7. The highest BCUT2D eigenvalue weighted by Gasteiger charge is 2.16. The molecule has 0 saturated carbocycles. The average molecular weight is 516 g/mol. The van der Waals surface area contributed by atoms with E-state index in [-0.39, 0.29) is 16.5 Å². The number of carbonyl (C=O) groups is 1. The van der Waals surface area contributed by atoms with Crippen molar-refractivity contribution in [3.8, 4) is 11.3 Å². The van der Waals surface area contributed by atoms with E-state index < -0.39 is 5.91 Å². The number of nitrogens with one attached hydrogen (secondary N) is 2. The Hall–Kier alpha value is -2.22. The lowest BCUT2D eigenvalue weighted by Gasteiger charge is -2.04. The lowest BCUT2D eigenvalue weighted by Crippen LogP contribution is -2.13. The minimum Gasteiger partial charge on any atom is -0.302 e. The number of anilines is 1. The maximum atomic E-state index is 12.6. The quantitative estimate of drug-likeness (QED) is 0.306. The summed E-state index contributed by atoms with van der Waals surface area (Å²) in [5.74, 6) is -0.238. The second-order valence-electron chi connectivity index (χ2n) is 6.52. The second-order valence-corrected chi connectivity index (χ2v) is 8.58. The number of aromatic nitrogens is 4. The van der Waals surface area contributed by atoms with Crippen LogP contribution in [-0.4, -0.2) is 25.9 Å². The molecule has 158 valence electrons. The van der Waals surface area contributed by atoms with Gasteiger partial charge in [-0.05, 0) is 42.0 Å². The number of H-pyrrole nitrogens is 1. The molecule has 31 heavy (non-hydrogen) atoms. The minimum absolute atomic E-state index is 0.215. The Kier molecular flexibility index (Phi) is 6.46. The number of amides is 1. The van der Waals surface area contributed by atoms with Crippen LogP contribution in [0, 0.1) is 0 Å². The highest BCUT2D eigenvalue weighted by molar-refractivity contribution is 6.42. The molecule has 0 unspecified atom stereocenters. The van der Waals surface area contributed by atoms with Crippen molar-refractivity contribution in [2.45, 2.75) is 6.54 Å². The van der Waals surface area contributed by atoms with Gasteiger partial charge in [0, 0.05) is 16.8 Å². The van der Waals surface area contributed by atoms with Gasteiger partial charge in [-0.1, -0.05) is 64.1 Å². The summed E-state index contributed by atoms with van der Waals surface area (Å²) in [5.41, 5.74) is 2.24. The normalized spacial score (nSPS) is 11.0. The maximum Gasteiger partial charge on any atom is 0.274 e. The molecule has 0 bridgehead atoms. The van der Waals surface area contributed by atoms with Crippen LogP contribution in [0.3, 0.4) is 0 Å². The molecule has 2 aromatic heterocycles. The molecule has 0 radical (unpaired) electrons. The topological polar surface area (TPSA) is 75.6 Å². The first-order valence-electron chi connectivity index (χ1n) is 8.79. The van der Waals surface area contributed by atoms with Crippen LogP contribution in [0.1, 0.15) is 16.1 Å². The number of benzene rings is 2. The molecule has 4 aromatic rings. The summed E-state index contributed by atoms with van der Waals surface area (Å²) in [5, 5.41) is 15.9. The standard InChI is InChI=1S/C20H12Cl5N5O/c21-11-2-3-12(14(23)6-11)17-7-18(28-27-17)20(31)26-19-16(25)9-30(29-19)8-10-1-4-13(22)15(24)5-10/h1-7,9H,8H2,(H,27,28)(H,26,29,31). The summed E-state index contributed by atoms with van der Waals surface area (Å²) in [4.78, 5) is 12.6. The van der Waals surface area contributed by atoms with E-state index in [9.17, 15) is 4.79 Å². The van der Waals surface area contributed by atoms with E-state index in [0.717, 1.165) is 5.56 Å². The van der Waals surface area contributed by atoms with E-state index in [0.29, 0.717) is 37.9 Å². The van der Waals surface area contributed by atoms with Crippen molar-refractivity contribution in [1.82, 2.24) is 20.0 Å². The number of hydrogen-bond donors (Lipinski definition) is 2. The lowest BCUT2D eigenvalue weighted by molar-refractivity contribution is 0.102. The zero-order valence-corrected chi connectivity index (χ0v) is 19.2. The van der Waals surface area contributed by atoms with Crippen LogP contribution >= 0.6 is 58.0 Å². The summed E-state index contributed by atoms with van der Waals surface area (Å²) in [7, 11) is 0. The van der Waals surface area contributed by atoms with Gasteiger partial charge in [0.1, 0.15) is 10.7 Å². The molecule has 0 fully saturated rings. The van der Waals surface area contributed by atoms with Crippen molar-refractivity contribution in [1.29, 1.82) is 0 Å². The molecule has 0 atom stereocenters. The summed E-state index contributed by atoms with van der Waals surface area (Å²) in [6, 6.07) is 11.9. The molecule has 2 aromatic carbocycles. The molecule has 0 saturated heterocycles. The van der Waals surface area contributed by atoms with Crippen LogP contribution in [0.15, 0.2) is 48.7 Å². The van der Waals surface area contributed by atoms with Gasteiger partial charge in [0.15, 0.2) is 5.82 Å². The third kappa shape index (κ3) is 5.00. The van der Waals surface area contributed by atoms with Gasteiger partial charge in [-0.25, -0.2) is 0 Å². The number of carbonyl (C=O) groups excluding carboxylic acids is 1. The third-order valence-electron chi connectivity index (χ3n) is 4.31. The van der Waals surface area contributed by atoms with Crippen LogP contribution in [0.2, 0.25) is 25.1 Å². The Balaban J connectivity index is 1.49. The Labute approximate surface area is 202 Å². The molecule has 4 rings (SSSR count). The predicted octanol–water partition coefficient (Wildman–Crippen LogP) is 6.84. The van der Waals surface area contributed by atoms with Crippen molar-refractivity contribution >= 4 is 69.7 Å². The van der Waals surface area contributed by atoms with Gasteiger partial charge in [-0.15, -0.1) is 0 Å². The lowest BCUT2D eigenvalue weighted by atomic mass is 10.1. The van der Waals surface area contributed by atoms with Crippen molar-refractivity contribution in [2.24, 2.45) is 0 Å². The fourth-order valence-electron chi connectivity index (χ4n) is 2.84. The zero-order chi connectivity index (χ0) is 22.1. The van der Waals surface area contributed by atoms with Crippen LogP contribution in [0.4, 0.5) is 5.82 Å². The van der Waals surface area contributed by atoms with Crippen LogP contribution in [-0.2, 0) is 6.54 Å². The molecular formula is C20H12Cl5N5O. The Morgan fingerprint density at radius 2 is 1.74 bits per heavy atom. The van der Waals surface area contributed by atoms with E-state index in [4.69, 9.17) is 58.0 Å². The fraction of sp³-hybridized carbons (Fsp3) is 0.0500. The van der Waals surface area contributed by atoms with Gasteiger partial charge in [0.25, 0.3) is 5.91 Å². The first kappa shape index (κ1) is 22.0. The number of hydrogen-bond acceptors (Lipinski definition) is 3. The molecule has 11 heteroatoms. The summed E-state index contributed by atoms with van der Waals surface area (Å²) < 4.78 is 1.59. The summed E-state index contributed by atoms with van der Waals surface area (Å²) in [6.45, 7) is 0.399. The molecule has 0 aliphatic heterocycles. The third-order valence-corrected chi connectivity index (χ3v) is 5.87. The van der Waals surface area contributed by atoms with Crippen LogP contribution in [0.5, 0.6) is 0 Å². The van der Waals surface area contributed by atoms with Crippen molar-refractivity contribution in [2.75, 3.05) is 5.32 Å². The molecule has 2 N–H and O–H groups in total. The van der Waals surface area contributed by atoms with Crippen LogP contribution in [0.25, 0.3) is 11.3 Å². The minimum atomic E-state index is -0.453. The van der Waals surface area contributed by atoms with Gasteiger partial charge in [-0.3, -0.25) is 14.6 Å². The smallest absolute Gasteiger partial charge is 0.274 e. The number of aromatic amines is 1. The van der Waals surface area contributed by atoms with Crippen molar-refractivity contribution in [3.05, 3.63) is 85.0 Å². The SMILES string of the molecule is O=C(Nc1nn(Cc2ccc(Cl)c(Cl)c2)cc1Cl)c1cc(-c2ccc(Cl)cc2Cl)n[nH]1. The highest BCUT2D eigenvalue weighted by atomic mass is 35.5. The van der Waals surface area contributed by atoms with Crippen LogP contribution < -0.4 is 5.32 Å². The molecular weight excluding hydrogens is 504 g/mol. The number of halogens is 5. The maximum absolute atomic E-state index is 12.6. The van der Waals surface area contributed by atoms with Crippen molar-refractivity contribution in [3.63, 3.8) is 0 Å². The number of nitrogens with zero attached hydrogens (tertiary/aromatic N) is 3. The van der Waals surface area contributed by atoms with E-state index in [1.165, 1.54) is 0 Å². The molecule has 1 amide bonds. The van der Waals surface area contributed by atoms with E-state index in [1.807, 2.05) is 6.07 Å². The highest BCUT2D eigenvalue weighted by Crippen LogP contribution is 2.30. The zero-order valence-electron chi connectivity index (χ0n) is 15.5. The summed E-state index contributed by atoms with van der Waals surface area (Å²) in [6.07, 6.45) is 1.60. The van der Waals surface area contributed by atoms with Gasteiger partial charge in [0.05, 0.1) is 27.3 Å². The monoisotopic (exact) mass is 513 g/mol. The first-order chi connectivity index (χ1) is 14.8. The molecule has 6 nitrogen and oxygen atoms in total. The fourth-order valence-corrected chi connectivity index (χ4v) is 3.86. The molecule has 0 aliphatic rings. The van der Waals surface area contributed by atoms with E-state index >= 15 is 0 Å². The van der Waals surface area contributed by atoms with E-state index in [1.54, 1.807) is 47.3 Å². The van der Waals surface area contributed by atoms with Gasteiger partial charge < -0.3 is 5.32 Å². The Morgan fingerprint density at radius 3 is 2.48 bits per heavy atom. The molecule has 2 heterocycles. The van der Waals surface area contributed by atoms with Crippen molar-refractivity contribution < 1.29 is 4.79 Å². The number of rotatable bonds is 5. The average Bonchev–Trinajstić information content (AvgIpc) is 3.32. The van der Waals surface area contributed by atoms with Gasteiger partial charge >= 0.3 is 0 Å². The predicted molar refractivity (Wildman–Crippen MR) is 125 cm³/mol. The molecule has 0 spiro atoms. The summed E-state index contributed by atoms with van der Waals surface area (Å²) >= 11 is 30.4. The van der Waals surface area contributed by atoms with Gasteiger partial charge in [-0.2, -0.15) is 10.2 Å². The Bertz CT molecular complexity index is 1280.